The summed E-state index contributed by atoms with van der Waals surface area (Å²) in [5, 5.41) is 9.12. The first kappa shape index (κ1) is 14.8. The van der Waals surface area contributed by atoms with Crippen LogP contribution in [0.5, 0.6) is 0 Å². The summed E-state index contributed by atoms with van der Waals surface area (Å²) in [4.78, 5) is 14.1. The first-order valence-electron chi connectivity index (χ1n) is 7.25. The molecular weight excluding hydrogens is 252 g/mol. The first-order valence-corrected chi connectivity index (χ1v) is 7.25. The second kappa shape index (κ2) is 7.87. The molecule has 1 fully saturated rings. The topological polar surface area (TPSA) is 56.4 Å². The van der Waals surface area contributed by atoms with Gasteiger partial charge in [0, 0.05) is 45.8 Å². The molecule has 1 saturated heterocycles. The Labute approximate surface area is 120 Å². The summed E-state index contributed by atoms with van der Waals surface area (Å²) in [7, 11) is 0. The summed E-state index contributed by atoms with van der Waals surface area (Å²) in [6.07, 6.45) is 0. The predicted octanol–water partition coefficient (Wildman–Crippen LogP) is 0.699. The molecule has 0 radical (unpaired) electrons. The Bertz CT molecular complexity index is 430. The minimum absolute atomic E-state index is 0.0941. The van der Waals surface area contributed by atoms with E-state index in [2.05, 4.69) is 33.8 Å². The average molecular weight is 276 g/mol. The second-order valence-corrected chi connectivity index (χ2v) is 5.13. The largest absolute Gasteiger partial charge is 0.337 e. The first-order chi connectivity index (χ1) is 9.75. The molecule has 1 aliphatic rings. The quantitative estimate of drug-likeness (QED) is 0.742. The molecule has 5 nitrogen and oxygen atoms in total. The molecular formula is C15H24N4O. The number of nitrogens with one attached hydrogen (secondary N) is 3. The summed E-state index contributed by atoms with van der Waals surface area (Å²) < 4.78 is 0. The fraction of sp³-hybridized carbons (Fsp3) is 0.533. The van der Waals surface area contributed by atoms with Crippen molar-refractivity contribution < 1.29 is 4.79 Å². The second-order valence-electron chi connectivity index (χ2n) is 5.13. The zero-order valence-electron chi connectivity index (χ0n) is 12.1. The number of rotatable bonds is 5. The number of amides is 2. The molecule has 5 heteroatoms. The van der Waals surface area contributed by atoms with E-state index in [-0.39, 0.29) is 6.03 Å². The van der Waals surface area contributed by atoms with Crippen molar-refractivity contribution in [3.63, 3.8) is 0 Å². The molecule has 1 aromatic rings. The van der Waals surface area contributed by atoms with E-state index in [1.165, 1.54) is 5.56 Å². The molecule has 0 atom stereocenters. The van der Waals surface area contributed by atoms with Crippen LogP contribution < -0.4 is 16.0 Å². The van der Waals surface area contributed by atoms with Crippen molar-refractivity contribution in [3.8, 4) is 0 Å². The fourth-order valence-electron chi connectivity index (χ4n) is 2.31. The number of aryl methyl sites for hydroxylation is 1. The van der Waals surface area contributed by atoms with Crippen LogP contribution in [0, 0.1) is 6.92 Å². The monoisotopic (exact) mass is 276 g/mol. The van der Waals surface area contributed by atoms with Crippen molar-refractivity contribution in [1.82, 2.24) is 20.9 Å². The van der Waals surface area contributed by atoms with Crippen LogP contribution in [0.4, 0.5) is 4.79 Å². The van der Waals surface area contributed by atoms with Crippen LogP contribution in [0.3, 0.4) is 0 Å². The predicted molar refractivity (Wildman–Crippen MR) is 80.7 cm³/mol. The van der Waals surface area contributed by atoms with E-state index in [0.717, 1.165) is 38.3 Å². The van der Waals surface area contributed by atoms with E-state index in [4.69, 9.17) is 0 Å². The average Bonchev–Trinajstić information content (AvgIpc) is 2.47. The number of benzene rings is 1. The van der Waals surface area contributed by atoms with Crippen LogP contribution >= 0.6 is 0 Å². The fourth-order valence-corrected chi connectivity index (χ4v) is 2.31. The smallest absolute Gasteiger partial charge is 0.315 e. The molecule has 0 bridgehead atoms. The Balaban J connectivity index is 1.62. The summed E-state index contributed by atoms with van der Waals surface area (Å²) >= 11 is 0. The Hall–Kier alpha value is -1.59. The van der Waals surface area contributed by atoms with Crippen molar-refractivity contribution in [2.24, 2.45) is 0 Å². The zero-order valence-corrected chi connectivity index (χ0v) is 12.1. The van der Waals surface area contributed by atoms with Crippen LogP contribution in [0.2, 0.25) is 0 Å². The standard InChI is InChI=1S/C15H24N4O/c1-13-4-2-3-5-14(13)12-18-15(20)17-8-11-19-9-6-16-7-10-19/h2-5,16H,6-12H2,1H3,(H2,17,18,20). The molecule has 1 aromatic carbocycles. The molecule has 0 aromatic heterocycles. The maximum Gasteiger partial charge on any atom is 0.315 e. The summed E-state index contributed by atoms with van der Waals surface area (Å²) in [5.74, 6) is 0. The molecule has 0 spiro atoms. The highest BCUT2D eigenvalue weighted by Gasteiger charge is 2.09. The van der Waals surface area contributed by atoms with Crippen LogP contribution in [-0.2, 0) is 6.54 Å². The molecule has 1 aliphatic heterocycles. The van der Waals surface area contributed by atoms with Gasteiger partial charge < -0.3 is 16.0 Å². The van der Waals surface area contributed by atoms with Crippen LogP contribution in [0.1, 0.15) is 11.1 Å². The molecule has 0 aliphatic carbocycles. The lowest BCUT2D eigenvalue weighted by molar-refractivity contribution is 0.226. The number of piperazine rings is 1. The van der Waals surface area contributed by atoms with E-state index >= 15 is 0 Å². The number of carbonyl (C=O) groups is 1. The van der Waals surface area contributed by atoms with Gasteiger partial charge in [-0.25, -0.2) is 4.79 Å². The number of hydrogen-bond acceptors (Lipinski definition) is 3. The third-order valence-electron chi connectivity index (χ3n) is 3.62. The Kier molecular flexibility index (Phi) is 5.83. The third-order valence-corrected chi connectivity index (χ3v) is 3.62. The summed E-state index contributed by atoms with van der Waals surface area (Å²) in [5.41, 5.74) is 2.36. The molecule has 3 N–H and O–H groups in total. The van der Waals surface area contributed by atoms with Gasteiger partial charge in [-0.05, 0) is 18.1 Å². The van der Waals surface area contributed by atoms with Crippen LogP contribution in [-0.4, -0.2) is 50.2 Å². The minimum atomic E-state index is -0.0941. The Morgan fingerprint density at radius 1 is 1.25 bits per heavy atom. The van der Waals surface area contributed by atoms with Crippen LogP contribution in [0.15, 0.2) is 24.3 Å². The van der Waals surface area contributed by atoms with Gasteiger partial charge in [0.2, 0.25) is 0 Å². The normalized spacial score (nSPS) is 15.8. The minimum Gasteiger partial charge on any atom is -0.337 e. The maximum absolute atomic E-state index is 11.7. The Morgan fingerprint density at radius 3 is 2.75 bits per heavy atom. The van der Waals surface area contributed by atoms with Crippen molar-refractivity contribution in [2.75, 3.05) is 39.3 Å². The van der Waals surface area contributed by atoms with Gasteiger partial charge in [-0.15, -0.1) is 0 Å². The number of nitrogens with zero attached hydrogens (tertiary/aromatic N) is 1. The summed E-state index contributed by atoms with van der Waals surface area (Å²) in [6.45, 7) is 8.45. The molecule has 1 heterocycles. The SMILES string of the molecule is Cc1ccccc1CNC(=O)NCCN1CCNCC1. The van der Waals surface area contributed by atoms with Crippen molar-refractivity contribution >= 4 is 6.03 Å². The molecule has 0 unspecified atom stereocenters. The van der Waals surface area contributed by atoms with E-state index < -0.39 is 0 Å². The van der Waals surface area contributed by atoms with Crippen LogP contribution in [0.25, 0.3) is 0 Å². The molecule has 0 saturated carbocycles. The highest BCUT2D eigenvalue weighted by molar-refractivity contribution is 5.73. The van der Waals surface area contributed by atoms with E-state index in [1.54, 1.807) is 0 Å². The van der Waals surface area contributed by atoms with Gasteiger partial charge in [0.15, 0.2) is 0 Å². The van der Waals surface area contributed by atoms with Crippen molar-refractivity contribution in [1.29, 1.82) is 0 Å². The van der Waals surface area contributed by atoms with E-state index in [1.807, 2.05) is 18.2 Å². The van der Waals surface area contributed by atoms with Gasteiger partial charge in [-0.3, -0.25) is 4.90 Å². The molecule has 20 heavy (non-hydrogen) atoms. The van der Waals surface area contributed by atoms with Gasteiger partial charge >= 0.3 is 6.03 Å². The lowest BCUT2D eigenvalue weighted by atomic mass is 10.1. The van der Waals surface area contributed by atoms with Gasteiger partial charge in [0.1, 0.15) is 0 Å². The van der Waals surface area contributed by atoms with Gasteiger partial charge in [0.25, 0.3) is 0 Å². The lowest BCUT2D eigenvalue weighted by Gasteiger charge is -2.27. The van der Waals surface area contributed by atoms with E-state index in [9.17, 15) is 4.79 Å². The number of hydrogen-bond donors (Lipinski definition) is 3. The lowest BCUT2D eigenvalue weighted by Crippen LogP contribution is -2.47. The maximum atomic E-state index is 11.7. The number of carbonyl (C=O) groups excluding carboxylic acids is 1. The highest BCUT2D eigenvalue weighted by atomic mass is 16.2. The number of urea groups is 1. The zero-order chi connectivity index (χ0) is 14.2. The molecule has 2 rings (SSSR count). The highest BCUT2D eigenvalue weighted by Crippen LogP contribution is 2.05. The molecule has 2 amide bonds. The van der Waals surface area contributed by atoms with Gasteiger partial charge in [-0.2, -0.15) is 0 Å². The Morgan fingerprint density at radius 2 is 2.00 bits per heavy atom. The molecule has 110 valence electrons. The van der Waals surface area contributed by atoms with Gasteiger partial charge in [-0.1, -0.05) is 24.3 Å². The van der Waals surface area contributed by atoms with Gasteiger partial charge in [0.05, 0.1) is 0 Å². The van der Waals surface area contributed by atoms with E-state index in [0.29, 0.717) is 13.1 Å². The van der Waals surface area contributed by atoms with Crippen molar-refractivity contribution in [2.45, 2.75) is 13.5 Å². The van der Waals surface area contributed by atoms with Crippen molar-refractivity contribution in [3.05, 3.63) is 35.4 Å². The summed E-state index contributed by atoms with van der Waals surface area (Å²) in [6, 6.07) is 8.00. The third kappa shape index (κ3) is 4.83.